The number of aryl methyl sites for hydroxylation is 1. The highest BCUT2D eigenvalue weighted by Gasteiger charge is 2.30. The Bertz CT molecular complexity index is 1030. The summed E-state index contributed by atoms with van der Waals surface area (Å²) in [6.07, 6.45) is 0.247. The Morgan fingerprint density at radius 3 is 2.56 bits per heavy atom. The fourth-order valence-electron chi connectivity index (χ4n) is 3.23. The van der Waals surface area contributed by atoms with Gasteiger partial charge in [-0.3, -0.25) is 9.59 Å². The SMILES string of the molecule is Cc1ccc(C2CC(=O)Nc3nc(SCc4ccccc4)[nH]c(=O)c32)cc1. The molecular weight excluding hydrogens is 358 g/mol. The number of amides is 1. The number of hydrogen-bond donors (Lipinski definition) is 2. The largest absolute Gasteiger partial charge is 0.310 e. The van der Waals surface area contributed by atoms with E-state index < -0.39 is 0 Å². The smallest absolute Gasteiger partial charge is 0.257 e. The molecule has 136 valence electrons. The molecule has 1 aromatic heterocycles. The fourth-order valence-corrected chi connectivity index (χ4v) is 4.04. The summed E-state index contributed by atoms with van der Waals surface area (Å²) in [5.41, 5.74) is 3.57. The van der Waals surface area contributed by atoms with Crippen molar-refractivity contribution in [3.8, 4) is 0 Å². The molecular formula is C21H19N3O2S. The third kappa shape index (κ3) is 3.80. The molecule has 3 aromatic rings. The van der Waals surface area contributed by atoms with Gasteiger partial charge in [0.1, 0.15) is 5.82 Å². The second-order valence-corrected chi connectivity index (χ2v) is 7.59. The summed E-state index contributed by atoms with van der Waals surface area (Å²) in [4.78, 5) is 32.4. The Labute approximate surface area is 161 Å². The maximum atomic E-state index is 12.8. The van der Waals surface area contributed by atoms with E-state index in [1.807, 2.05) is 61.5 Å². The highest BCUT2D eigenvalue weighted by atomic mass is 32.2. The molecule has 1 aliphatic rings. The molecule has 4 rings (SSSR count). The maximum Gasteiger partial charge on any atom is 0.257 e. The van der Waals surface area contributed by atoms with E-state index in [0.717, 1.165) is 16.7 Å². The predicted octanol–water partition coefficient (Wildman–Crippen LogP) is 3.84. The van der Waals surface area contributed by atoms with E-state index in [1.54, 1.807) is 0 Å². The molecule has 2 heterocycles. The van der Waals surface area contributed by atoms with Gasteiger partial charge in [0.25, 0.3) is 5.56 Å². The van der Waals surface area contributed by atoms with Gasteiger partial charge >= 0.3 is 0 Å². The number of nitrogens with one attached hydrogen (secondary N) is 2. The van der Waals surface area contributed by atoms with Gasteiger partial charge in [0.15, 0.2) is 5.16 Å². The quantitative estimate of drug-likeness (QED) is 0.535. The Kier molecular flexibility index (Phi) is 4.81. The number of nitrogens with zero attached hydrogens (tertiary/aromatic N) is 1. The van der Waals surface area contributed by atoms with E-state index in [-0.39, 0.29) is 23.8 Å². The van der Waals surface area contributed by atoms with Crippen molar-refractivity contribution in [1.82, 2.24) is 9.97 Å². The van der Waals surface area contributed by atoms with E-state index >= 15 is 0 Å². The molecule has 2 N–H and O–H groups in total. The summed E-state index contributed by atoms with van der Waals surface area (Å²) in [5, 5.41) is 3.27. The van der Waals surface area contributed by atoms with E-state index in [4.69, 9.17) is 0 Å². The molecule has 0 saturated heterocycles. The van der Waals surface area contributed by atoms with Crippen LogP contribution < -0.4 is 10.9 Å². The topological polar surface area (TPSA) is 74.8 Å². The van der Waals surface area contributed by atoms with Crippen LogP contribution in [-0.2, 0) is 10.5 Å². The van der Waals surface area contributed by atoms with Gasteiger partial charge in [-0.1, -0.05) is 71.9 Å². The number of fused-ring (bicyclic) bond motifs is 1. The summed E-state index contributed by atoms with van der Waals surface area (Å²) in [6.45, 7) is 2.01. The van der Waals surface area contributed by atoms with Crippen LogP contribution in [0.5, 0.6) is 0 Å². The number of benzene rings is 2. The molecule has 0 saturated carbocycles. The van der Waals surface area contributed by atoms with Gasteiger partial charge in [0, 0.05) is 18.1 Å². The van der Waals surface area contributed by atoms with Gasteiger partial charge in [-0.25, -0.2) is 4.98 Å². The summed E-state index contributed by atoms with van der Waals surface area (Å²) in [7, 11) is 0. The zero-order chi connectivity index (χ0) is 18.8. The molecule has 0 bridgehead atoms. The normalized spacial score (nSPS) is 15.9. The first kappa shape index (κ1) is 17.5. The van der Waals surface area contributed by atoms with Crippen LogP contribution in [0.2, 0.25) is 0 Å². The first-order valence-corrected chi connectivity index (χ1v) is 9.76. The Morgan fingerprint density at radius 1 is 1.07 bits per heavy atom. The molecule has 6 heteroatoms. The van der Waals surface area contributed by atoms with Crippen LogP contribution in [0, 0.1) is 6.92 Å². The minimum atomic E-state index is -0.279. The summed E-state index contributed by atoms with van der Waals surface area (Å²) < 4.78 is 0. The van der Waals surface area contributed by atoms with Gasteiger partial charge in [-0.2, -0.15) is 0 Å². The third-order valence-corrected chi connectivity index (χ3v) is 5.57. The zero-order valence-corrected chi connectivity index (χ0v) is 15.7. The minimum Gasteiger partial charge on any atom is -0.310 e. The lowest BCUT2D eigenvalue weighted by atomic mass is 9.86. The van der Waals surface area contributed by atoms with E-state index in [0.29, 0.717) is 22.3 Å². The van der Waals surface area contributed by atoms with Crippen molar-refractivity contribution in [3.63, 3.8) is 0 Å². The Morgan fingerprint density at radius 2 is 1.81 bits per heavy atom. The fraction of sp³-hybridized carbons (Fsp3) is 0.190. The van der Waals surface area contributed by atoms with Crippen LogP contribution in [0.4, 0.5) is 5.82 Å². The number of H-pyrrole nitrogens is 1. The lowest BCUT2D eigenvalue weighted by molar-refractivity contribution is -0.116. The summed E-state index contributed by atoms with van der Waals surface area (Å²) in [6, 6.07) is 17.9. The Hall–Kier alpha value is -2.86. The molecule has 0 aliphatic carbocycles. The molecule has 0 spiro atoms. The summed E-state index contributed by atoms with van der Waals surface area (Å²) in [5.74, 6) is 0.665. The molecule has 0 fully saturated rings. The van der Waals surface area contributed by atoms with Gasteiger partial charge < -0.3 is 10.3 Å². The number of thioether (sulfide) groups is 1. The van der Waals surface area contributed by atoms with Crippen molar-refractivity contribution in [2.24, 2.45) is 0 Å². The average Bonchev–Trinajstić information content (AvgIpc) is 2.67. The molecule has 1 atom stereocenters. The Balaban J connectivity index is 1.66. The first-order valence-electron chi connectivity index (χ1n) is 8.77. The molecule has 0 radical (unpaired) electrons. The van der Waals surface area contributed by atoms with Crippen molar-refractivity contribution in [3.05, 3.63) is 87.2 Å². The molecule has 5 nitrogen and oxygen atoms in total. The number of aromatic nitrogens is 2. The molecule has 1 unspecified atom stereocenters. The van der Waals surface area contributed by atoms with Crippen LogP contribution in [-0.4, -0.2) is 15.9 Å². The van der Waals surface area contributed by atoms with Gasteiger partial charge in [-0.05, 0) is 18.1 Å². The predicted molar refractivity (Wildman–Crippen MR) is 107 cm³/mol. The van der Waals surface area contributed by atoms with Crippen molar-refractivity contribution in [2.75, 3.05) is 5.32 Å². The van der Waals surface area contributed by atoms with Crippen LogP contribution in [0.15, 0.2) is 64.5 Å². The average molecular weight is 377 g/mol. The van der Waals surface area contributed by atoms with E-state index in [9.17, 15) is 9.59 Å². The van der Waals surface area contributed by atoms with Gasteiger partial charge in [0.2, 0.25) is 5.91 Å². The van der Waals surface area contributed by atoms with E-state index in [1.165, 1.54) is 11.8 Å². The number of anilines is 1. The monoisotopic (exact) mass is 377 g/mol. The van der Waals surface area contributed by atoms with Crippen LogP contribution in [0.1, 0.15) is 34.6 Å². The lowest BCUT2D eigenvalue weighted by Gasteiger charge is -2.24. The minimum absolute atomic E-state index is 0.120. The van der Waals surface area contributed by atoms with Gasteiger partial charge in [0.05, 0.1) is 5.56 Å². The third-order valence-electron chi connectivity index (χ3n) is 4.63. The van der Waals surface area contributed by atoms with Crippen molar-refractivity contribution >= 4 is 23.5 Å². The number of hydrogen-bond acceptors (Lipinski definition) is 4. The number of rotatable bonds is 4. The first-order chi connectivity index (χ1) is 13.1. The van der Waals surface area contributed by atoms with Crippen LogP contribution >= 0.6 is 11.8 Å². The van der Waals surface area contributed by atoms with Crippen molar-refractivity contribution < 1.29 is 4.79 Å². The van der Waals surface area contributed by atoms with Crippen molar-refractivity contribution in [2.45, 2.75) is 30.2 Å². The molecule has 1 amide bonds. The molecule has 27 heavy (non-hydrogen) atoms. The number of carbonyl (C=O) groups excluding carboxylic acids is 1. The van der Waals surface area contributed by atoms with Crippen LogP contribution in [0.3, 0.4) is 0 Å². The lowest BCUT2D eigenvalue weighted by Crippen LogP contribution is -2.31. The van der Waals surface area contributed by atoms with E-state index in [2.05, 4.69) is 15.3 Å². The second-order valence-electron chi connectivity index (χ2n) is 6.62. The summed E-state index contributed by atoms with van der Waals surface area (Å²) >= 11 is 1.44. The highest BCUT2D eigenvalue weighted by Crippen LogP contribution is 2.34. The number of aromatic amines is 1. The maximum absolute atomic E-state index is 12.8. The second kappa shape index (κ2) is 7.40. The molecule has 2 aromatic carbocycles. The highest BCUT2D eigenvalue weighted by molar-refractivity contribution is 7.98. The van der Waals surface area contributed by atoms with Crippen LogP contribution in [0.25, 0.3) is 0 Å². The molecule has 1 aliphatic heterocycles. The number of carbonyl (C=O) groups is 1. The van der Waals surface area contributed by atoms with Gasteiger partial charge in [-0.15, -0.1) is 0 Å². The standard InChI is InChI=1S/C21H19N3O2S/c1-13-7-9-15(10-8-13)16-11-17(25)22-19-18(16)20(26)24-21(23-19)27-12-14-5-3-2-4-6-14/h2-10,16H,11-12H2,1H3,(H2,22,23,24,25,26). The van der Waals surface area contributed by atoms with Crippen molar-refractivity contribution in [1.29, 1.82) is 0 Å². The zero-order valence-electron chi connectivity index (χ0n) is 14.9.